The number of hydrogen-bond donors (Lipinski definition) is 3. The van der Waals surface area contributed by atoms with Crippen LogP contribution in [0.15, 0.2) is 48.8 Å². The molecule has 35 heavy (non-hydrogen) atoms. The summed E-state index contributed by atoms with van der Waals surface area (Å²) in [5.74, 6) is 2.16. The van der Waals surface area contributed by atoms with Crippen molar-refractivity contribution in [3.05, 3.63) is 48.8 Å². The van der Waals surface area contributed by atoms with Gasteiger partial charge in [0.2, 0.25) is 5.91 Å². The Balaban J connectivity index is 1.42. The molecule has 0 unspecified atom stereocenters. The average molecular weight is 478 g/mol. The molecule has 3 N–H and O–H groups in total. The standard InChI is InChI=1S/C24H27N7O4/c1-3-35-20-15-26-22(30-23(20)31-10-12-34-13-11-31)17-4-6-18(7-5-17)28-24(33)29-19-8-9-21(25-14-19)27-16(2)32/h4-9,14-15H,3,10-13H2,1-2H3,(H,25,27,32)(H2,28,29,33). The first kappa shape index (κ1) is 23.9. The highest BCUT2D eigenvalue weighted by Gasteiger charge is 2.19. The molecule has 182 valence electrons. The third-order valence-corrected chi connectivity index (χ3v) is 5.07. The molecule has 0 bridgehead atoms. The largest absolute Gasteiger partial charge is 0.488 e. The second kappa shape index (κ2) is 11.3. The highest BCUT2D eigenvalue weighted by Crippen LogP contribution is 2.29. The lowest BCUT2D eigenvalue weighted by atomic mass is 10.2. The molecule has 1 fully saturated rings. The molecule has 3 heterocycles. The van der Waals surface area contributed by atoms with Gasteiger partial charge in [-0.25, -0.2) is 19.7 Å². The van der Waals surface area contributed by atoms with Gasteiger partial charge in [-0.3, -0.25) is 4.79 Å². The van der Waals surface area contributed by atoms with Crippen LogP contribution in [0.1, 0.15) is 13.8 Å². The van der Waals surface area contributed by atoms with Crippen molar-refractivity contribution < 1.29 is 19.1 Å². The van der Waals surface area contributed by atoms with Crippen molar-refractivity contribution in [2.45, 2.75) is 13.8 Å². The van der Waals surface area contributed by atoms with E-state index in [0.29, 0.717) is 48.6 Å². The summed E-state index contributed by atoms with van der Waals surface area (Å²) in [6, 6.07) is 10.1. The van der Waals surface area contributed by atoms with Crippen molar-refractivity contribution >= 4 is 34.9 Å². The van der Waals surface area contributed by atoms with Crippen molar-refractivity contribution in [2.75, 3.05) is 53.8 Å². The van der Waals surface area contributed by atoms with Crippen LogP contribution < -0.4 is 25.6 Å². The van der Waals surface area contributed by atoms with E-state index in [-0.39, 0.29) is 5.91 Å². The normalized spacial score (nSPS) is 13.1. The number of nitrogens with one attached hydrogen (secondary N) is 3. The Bertz CT molecular complexity index is 1160. The molecular weight excluding hydrogens is 450 g/mol. The number of carbonyl (C=O) groups is 2. The summed E-state index contributed by atoms with van der Waals surface area (Å²) in [7, 11) is 0. The lowest BCUT2D eigenvalue weighted by Crippen LogP contribution is -2.37. The topological polar surface area (TPSA) is 131 Å². The van der Waals surface area contributed by atoms with Crippen molar-refractivity contribution in [1.82, 2.24) is 15.0 Å². The van der Waals surface area contributed by atoms with Gasteiger partial charge in [0.25, 0.3) is 0 Å². The van der Waals surface area contributed by atoms with Gasteiger partial charge in [-0.1, -0.05) is 0 Å². The number of aromatic nitrogens is 3. The van der Waals surface area contributed by atoms with Gasteiger partial charge in [0, 0.05) is 31.3 Å². The van der Waals surface area contributed by atoms with Gasteiger partial charge in [-0.2, -0.15) is 0 Å². The number of amides is 3. The number of rotatable bonds is 7. The van der Waals surface area contributed by atoms with Crippen LogP contribution >= 0.6 is 0 Å². The van der Waals surface area contributed by atoms with Gasteiger partial charge >= 0.3 is 6.03 Å². The first-order valence-electron chi connectivity index (χ1n) is 11.3. The summed E-state index contributed by atoms with van der Waals surface area (Å²) in [5, 5.41) is 8.05. The molecule has 2 aromatic heterocycles. The third kappa shape index (κ3) is 6.42. The van der Waals surface area contributed by atoms with Gasteiger partial charge in [-0.15, -0.1) is 0 Å². The molecular formula is C24H27N7O4. The van der Waals surface area contributed by atoms with Gasteiger partial charge in [0.05, 0.1) is 37.9 Å². The lowest BCUT2D eigenvalue weighted by molar-refractivity contribution is -0.114. The quantitative estimate of drug-likeness (QED) is 0.472. The third-order valence-electron chi connectivity index (χ3n) is 5.07. The Morgan fingerprint density at radius 2 is 1.69 bits per heavy atom. The molecule has 4 rings (SSSR count). The van der Waals surface area contributed by atoms with Gasteiger partial charge in [-0.05, 0) is 43.3 Å². The smallest absolute Gasteiger partial charge is 0.323 e. The minimum Gasteiger partial charge on any atom is -0.488 e. The van der Waals surface area contributed by atoms with Crippen molar-refractivity contribution in [3.8, 4) is 17.1 Å². The summed E-state index contributed by atoms with van der Waals surface area (Å²) in [6.07, 6.45) is 3.16. The number of carbonyl (C=O) groups excluding carboxylic acids is 2. The predicted molar refractivity (Wildman–Crippen MR) is 133 cm³/mol. The van der Waals surface area contributed by atoms with Gasteiger partial charge < -0.3 is 30.3 Å². The fourth-order valence-electron chi connectivity index (χ4n) is 3.48. The molecule has 0 radical (unpaired) electrons. The molecule has 11 nitrogen and oxygen atoms in total. The Kier molecular flexibility index (Phi) is 7.68. The van der Waals surface area contributed by atoms with E-state index in [1.54, 1.807) is 30.5 Å². The van der Waals surface area contributed by atoms with E-state index < -0.39 is 6.03 Å². The van der Waals surface area contributed by atoms with Gasteiger partial charge in [0.15, 0.2) is 17.4 Å². The maximum Gasteiger partial charge on any atom is 0.323 e. The molecule has 0 aliphatic carbocycles. The summed E-state index contributed by atoms with van der Waals surface area (Å²) in [6.45, 7) is 6.61. The molecule has 1 saturated heterocycles. The molecule has 1 aliphatic rings. The summed E-state index contributed by atoms with van der Waals surface area (Å²) >= 11 is 0. The highest BCUT2D eigenvalue weighted by atomic mass is 16.5. The van der Waals surface area contributed by atoms with E-state index in [2.05, 4.69) is 30.8 Å². The average Bonchev–Trinajstić information content (AvgIpc) is 2.86. The molecule has 1 aromatic carbocycles. The van der Waals surface area contributed by atoms with E-state index >= 15 is 0 Å². The second-order valence-corrected chi connectivity index (χ2v) is 7.68. The molecule has 1 aliphatic heterocycles. The molecule has 3 amide bonds. The zero-order valence-corrected chi connectivity index (χ0v) is 19.6. The van der Waals surface area contributed by atoms with Crippen LogP contribution in [0.25, 0.3) is 11.4 Å². The van der Waals surface area contributed by atoms with E-state index in [1.165, 1.54) is 13.1 Å². The Hall–Kier alpha value is -4.25. The van der Waals surface area contributed by atoms with Crippen LogP contribution in [0.5, 0.6) is 5.75 Å². The van der Waals surface area contributed by atoms with Crippen LogP contribution in [-0.4, -0.2) is 59.8 Å². The van der Waals surface area contributed by atoms with Gasteiger partial charge in [0.1, 0.15) is 5.82 Å². The van der Waals surface area contributed by atoms with E-state index in [9.17, 15) is 9.59 Å². The van der Waals surface area contributed by atoms with Crippen LogP contribution in [0.3, 0.4) is 0 Å². The summed E-state index contributed by atoms with van der Waals surface area (Å²) in [5.41, 5.74) is 1.91. The number of anilines is 4. The monoisotopic (exact) mass is 477 g/mol. The molecule has 0 atom stereocenters. The van der Waals surface area contributed by atoms with E-state index in [4.69, 9.17) is 14.5 Å². The number of benzene rings is 1. The maximum atomic E-state index is 12.3. The molecule has 3 aromatic rings. The Morgan fingerprint density at radius 1 is 0.971 bits per heavy atom. The first-order chi connectivity index (χ1) is 17.0. The number of urea groups is 1. The Labute approximate surface area is 202 Å². The van der Waals surface area contributed by atoms with Crippen LogP contribution in [-0.2, 0) is 9.53 Å². The fraction of sp³-hybridized carbons (Fsp3) is 0.292. The number of morpholine rings is 1. The number of pyridine rings is 1. The fourth-order valence-corrected chi connectivity index (χ4v) is 3.48. The molecule has 0 saturated carbocycles. The predicted octanol–water partition coefficient (Wildman–Crippen LogP) is 3.38. The van der Waals surface area contributed by atoms with Crippen molar-refractivity contribution in [1.29, 1.82) is 0 Å². The minimum atomic E-state index is -0.418. The number of hydrogen-bond acceptors (Lipinski definition) is 8. The van der Waals surface area contributed by atoms with Crippen molar-refractivity contribution in [2.24, 2.45) is 0 Å². The zero-order chi connectivity index (χ0) is 24.6. The number of ether oxygens (including phenoxy) is 2. The minimum absolute atomic E-state index is 0.215. The highest BCUT2D eigenvalue weighted by molar-refractivity contribution is 5.99. The van der Waals surface area contributed by atoms with Crippen LogP contribution in [0, 0.1) is 0 Å². The van der Waals surface area contributed by atoms with Crippen LogP contribution in [0.4, 0.5) is 27.8 Å². The summed E-state index contributed by atoms with van der Waals surface area (Å²) < 4.78 is 11.2. The van der Waals surface area contributed by atoms with Crippen LogP contribution in [0.2, 0.25) is 0 Å². The molecule has 0 spiro atoms. The Morgan fingerprint density at radius 3 is 2.34 bits per heavy atom. The van der Waals surface area contributed by atoms with E-state index in [0.717, 1.165) is 24.5 Å². The lowest BCUT2D eigenvalue weighted by Gasteiger charge is -2.29. The second-order valence-electron chi connectivity index (χ2n) is 7.68. The molecule has 11 heteroatoms. The SMILES string of the molecule is CCOc1cnc(-c2ccc(NC(=O)Nc3ccc(NC(C)=O)nc3)cc2)nc1N1CCOCC1. The van der Waals surface area contributed by atoms with E-state index in [1.807, 2.05) is 19.1 Å². The van der Waals surface area contributed by atoms with Crippen molar-refractivity contribution in [3.63, 3.8) is 0 Å². The summed E-state index contributed by atoms with van der Waals surface area (Å²) in [4.78, 5) is 38.9. The first-order valence-corrected chi connectivity index (χ1v) is 11.3. The number of nitrogens with zero attached hydrogens (tertiary/aromatic N) is 4. The maximum absolute atomic E-state index is 12.3. The zero-order valence-electron chi connectivity index (χ0n) is 19.6.